The number of aldehydes is 1. The molecular weight excluding hydrogens is 192 g/mol. The molecule has 0 atom stereocenters. The molecule has 0 radical (unpaired) electrons. The molecule has 0 unspecified atom stereocenters. The molecule has 4 heteroatoms. The molecule has 15 heavy (non-hydrogen) atoms. The number of carbonyl (C=O) groups is 1. The smallest absolute Gasteiger partial charge is 0.151 e. The summed E-state index contributed by atoms with van der Waals surface area (Å²) in [5.41, 5.74) is 0.962. The molecule has 0 saturated heterocycles. The predicted molar refractivity (Wildman–Crippen MR) is 52.4 cm³/mol. The number of carbonyl (C=O) groups excluding carboxylic acids is 1. The zero-order chi connectivity index (χ0) is 11.3. The SMILES string of the molecule is COc1ccc(C#N)c(C=O)c1CC#N. The Hall–Kier alpha value is -2.33. The number of rotatable bonds is 3. The average molecular weight is 200 g/mol. The Morgan fingerprint density at radius 1 is 1.47 bits per heavy atom. The molecule has 0 fully saturated rings. The van der Waals surface area contributed by atoms with Gasteiger partial charge in [0.05, 0.1) is 31.2 Å². The number of hydrogen-bond acceptors (Lipinski definition) is 4. The molecule has 0 heterocycles. The minimum Gasteiger partial charge on any atom is -0.496 e. The summed E-state index contributed by atoms with van der Waals surface area (Å²) in [4.78, 5) is 10.8. The van der Waals surface area contributed by atoms with Crippen LogP contribution in [0.25, 0.3) is 0 Å². The highest BCUT2D eigenvalue weighted by atomic mass is 16.5. The maximum absolute atomic E-state index is 10.8. The Kier molecular flexibility index (Phi) is 3.43. The summed E-state index contributed by atoms with van der Waals surface area (Å²) in [5, 5.41) is 17.4. The van der Waals surface area contributed by atoms with Gasteiger partial charge in [0.2, 0.25) is 0 Å². The van der Waals surface area contributed by atoms with E-state index in [-0.39, 0.29) is 17.5 Å². The third-order valence-electron chi connectivity index (χ3n) is 2.03. The maximum atomic E-state index is 10.8. The van der Waals surface area contributed by atoms with Gasteiger partial charge < -0.3 is 4.74 Å². The molecule has 0 aliphatic carbocycles. The van der Waals surface area contributed by atoms with E-state index in [0.29, 0.717) is 17.6 Å². The van der Waals surface area contributed by atoms with Gasteiger partial charge in [-0.3, -0.25) is 4.79 Å². The van der Waals surface area contributed by atoms with E-state index in [9.17, 15) is 4.79 Å². The van der Waals surface area contributed by atoms with Gasteiger partial charge in [0.1, 0.15) is 5.75 Å². The van der Waals surface area contributed by atoms with E-state index >= 15 is 0 Å². The fraction of sp³-hybridized carbons (Fsp3) is 0.182. The van der Waals surface area contributed by atoms with E-state index in [1.807, 2.05) is 12.1 Å². The number of nitrogens with zero attached hydrogens (tertiary/aromatic N) is 2. The summed E-state index contributed by atoms with van der Waals surface area (Å²) in [6.45, 7) is 0. The van der Waals surface area contributed by atoms with Crippen LogP contribution < -0.4 is 4.74 Å². The van der Waals surface area contributed by atoms with Gasteiger partial charge in [-0.05, 0) is 12.1 Å². The number of methoxy groups -OCH3 is 1. The first kappa shape index (κ1) is 10.7. The van der Waals surface area contributed by atoms with Crippen LogP contribution in [0.3, 0.4) is 0 Å². The normalized spacial score (nSPS) is 8.73. The largest absolute Gasteiger partial charge is 0.496 e. The van der Waals surface area contributed by atoms with Crippen molar-refractivity contribution in [2.24, 2.45) is 0 Å². The molecular formula is C11H8N2O2. The molecule has 1 aromatic rings. The van der Waals surface area contributed by atoms with E-state index < -0.39 is 0 Å². The number of benzene rings is 1. The van der Waals surface area contributed by atoms with Crippen molar-refractivity contribution < 1.29 is 9.53 Å². The lowest BCUT2D eigenvalue weighted by Gasteiger charge is -2.08. The lowest BCUT2D eigenvalue weighted by atomic mass is 9.99. The molecule has 0 aliphatic heterocycles. The molecule has 0 aromatic heterocycles. The van der Waals surface area contributed by atoms with Crippen molar-refractivity contribution in [1.29, 1.82) is 10.5 Å². The summed E-state index contributed by atoms with van der Waals surface area (Å²) in [5.74, 6) is 0.456. The zero-order valence-corrected chi connectivity index (χ0v) is 8.15. The van der Waals surface area contributed by atoms with Gasteiger partial charge in [-0.15, -0.1) is 0 Å². The molecule has 0 bridgehead atoms. The quantitative estimate of drug-likeness (QED) is 0.692. The summed E-state index contributed by atoms with van der Waals surface area (Å²) in [7, 11) is 1.46. The Morgan fingerprint density at radius 2 is 2.20 bits per heavy atom. The minimum atomic E-state index is 0.0484. The second-order valence-electron chi connectivity index (χ2n) is 2.77. The monoisotopic (exact) mass is 200 g/mol. The zero-order valence-electron chi connectivity index (χ0n) is 8.15. The van der Waals surface area contributed by atoms with Crippen LogP contribution in [0.5, 0.6) is 5.75 Å². The molecule has 1 rings (SSSR count). The highest BCUT2D eigenvalue weighted by Gasteiger charge is 2.12. The molecule has 1 aromatic carbocycles. The van der Waals surface area contributed by atoms with Crippen LogP contribution in [-0.4, -0.2) is 13.4 Å². The first-order chi connectivity index (χ1) is 7.28. The van der Waals surface area contributed by atoms with E-state index in [4.69, 9.17) is 15.3 Å². The van der Waals surface area contributed by atoms with Gasteiger partial charge in [0.15, 0.2) is 6.29 Å². The summed E-state index contributed by atoms with van der Waals surface area (Å²) >= 11 is 0. The first-order valence-electron chi connectivity index (χ1n) is 4.20. The number of ether oxygens (including phenoxy) is 1. The van der Waals surface area contributed by atoms with Crippen LogP contribution in [0.1, 0.15) is 21.5 Å². The molecule has 0 amide bonds. The van der Waals surface area contributed by atoms with Crippen molar-refractivity contribution >= 4 is 6.29 Å². The third kappa shape index (κ3) is 1.95. The van der Waals surface area contributed by atoms with Crippen molar-refractivity contribution in [3.63, 3.8) is 0 Å². The third-order valence-corrected chi connectivity index (χ3v) is 2.03. The highest BCUT2D eigenvalue weighted by molar-refractivity contribution is 5.83. The highest BCUT2D eigenvalue weighted by Crippen LogP contribution is 2.24. The Balaban J connectivity index is 3.47. The van der Waals surface area contributed by atoms with Crippen LogP contribution >= 0.6 is 0 Å². The van der Waals surface area contributed by atoms with E-state index in [0.717, 1.165) is 0 Å². The maximum Gasteiger partial charge on any atom is 0.151 e. The fourth-order valence-electron chi connectivity index (χ4n) is 1.33. The molecule has 0 spiro atoms. The second-order valence-corrected chi connectivity index (χ2v) is 2.77. The van der Waals surface area contributed by atoms with Gasteiger partial charge in [0, 0.05) is 11.1 Å². The van der Waals surface area contributed by atoms with E-state index in [1.54, 1.807) is 6.07 Å². The van der Waals surface area contributed by atoms with Gasteiger partial charge in [0.25, 0.3) is 0 Å². The Labute approximate surface area is 87.3 Å². The topological polar surface area (TPSA) is 73.9 Å². The van der Waals surface area contributed by atoms with Gasteiger partial charge >= 0.3 is 0 Å². The van der Waals surface area contributed by atoms with Crippen molar-refractivity contribution in [2.45, 2.75) is 6.42 Å². The van der Waals surface area contributed by atoms with Crippen molar-refractivity contribution in [1.82, 2.24) is 0 Å². The van der Waals surface area contributed by atoms with Crippen LogP contribution in [0.2, 0.25) is 0 Å². The van der Waals surface area contributed by atoms with Gasteiger partial charge in [-0.1, -0.05) is 0 Å². The summed E-state index contributed by atoms with van der Waals surface area (Å²) in [6.07, 6.45) is 0.626. The van der Waals surface area contributed by atoms with Gasteiger partial charge in [-0.25, -0.2) is 0 Å². The van der Waals surface area contributed by atoms with Crippen molar-refractivity contribution in [3.05, 3.63) is 28.8 Å². The molecule has 74 valence electrons. The van der Waals surface area contributed by atoms with Gasteiger partial charge in [-0.2, -0.15) is 10.5 Å². The average Bonchev–Trinajstić information content (AvgIpc) is 2.28. The standard InChI is InChI=1S/C11H8N2O2/c1-15-11-3-2-8(6-13)10(7-14)9(11)4-5-12/h2-3,7H,4H2,1H3. The van der Waals surface area contributed by atoms with Crippen LogP contribution in [0, 0.1) is 22.7 Å². The van der Waals surface area contributed by atoms with Crippen molar-refractivity contribution in [2.75, 3.05) is 7.11 Å². The summed E-state index contributed by atoms with van der Waals surface area (Å²) in [6, 6.07) is 6.92. The van der Waals surface area contributed by atoms with Crippen LogP contribution in [0.15, 0.2) is 12.1 Å². The Morgan fingerprint density at radius 3 is 2.67 bits per heavy atom. The van der Waals surface area contributed by atoms with Crippen LogP contribution in [0.4, 0.5) is 0 Å². The first-order valence-corrected chi connectivity index (χ1v) is 4.20. The fourth-order valence-corrected chi connectivity index (χ4v) is 1.33. The van der Waals surface area contributed by atoms with E-state index in [1.165, 1.54) is 13.2 Å². The second kappa shape index (κ2) is 4.78. The van der Waals surface area contributed by atoms with Crippen molar-refractivity contribution in [3.8, 4) is 17.9 Å². The minimum absolute atomic E-state index is 0.0484. The molecule has 4 nitrogen and oxygen atoms in total. The lowest BCUT2D eigenvalue weighted by Crippen LogP contribution is -2.00. The predicted octanol–water partition coefficient (Wildman–Crippen LogP) is 1.45. The van der Waals surface area contributed by atoms with Crippen LogP contribution in [-0.2, 0) is 6.42 Å². The lowest BCUT2D eigenvalue weighted by molar-refractivity contribution is 0.112. The molecule has 0 saturated carbocycles. The molecule has 0 N–H and O–H groups in total. The summed E-state index contributed by atoms with van der Waals surface area (Å²) < 4.78 is 5.02. The number of nitriles is 2. The Bertz CT molecular complexity index is 467. The number of hydrogen-bond donors (Lipinski definition) is 0. The molecule has 0 aliphatic rings. The van der Waals surface area contributed by atoms with E-state index in [2.05, 4.69) is 0 Å².